The summed E-state index contributed by atoms with van der Waals surface area (Å²) in [6, 6.07) is 0. The number of carbonyl (C=O) groups is 1. The Morgan fingerprint density at radius 1 is 1.46 bits per heavy atom. The van der Waals surface area contributed by atoms with Gasteiger partial charge in [0.15, 0.2) is 0 Å². The minimum Gasteiger partial charge on any atom is -0.259 e. The molecule has 3 heteroatoms. The number of hydrogen-bond donors (Lipinski definition) is 0. The van der Waals surface area contributed by atoms with E-state index in [4.69, 9.17) is 0 Å². The molecule has 1 aliphatic heterocycles. The highest BCUT2D eigenvalue weighted by Crippen LogP contribution is 2.38. The first-order chi connectivity index (χ1) is 6.08. The van der Waals surface area contributed by atoms with Gasteiger partial charge in [-0.25, -0.2) is 4.99 Å². The van der Waals surface area contributed by atoms with Crippen molar-refractivity contribution < 1.29 is 4.79 Å². The lowest BCUT2D eigenvalue weighted by Gasteiger charge is -2.21. The van der Waals surface area contributed by atoms with E-state index in [2.05, 4.69) is 18.8 Å². The molecule has 2 nitrogen and oxygen atoms in total. The van der Waals surface area contributed by atoms with Crippen molar-refractivity contribution in [1.82, 2.24) is 0 Å². The minimum atomic E-state index is -0.0171. The maximum Gasteiger partial charge on any atom is 0.305 e. The normalized spacial score (nSPS) is 27.9. The van der Waals surface area contributed by atoms with Gasteiger partial charge in [0.2, 0.25) is 0 Å². The maximum absolute atomic E-state index is 11.1. The molecule has 0 N–H and O–H groups in total. The second-order valence-corrected chi connectivity index (χ2v) is 5.21. The van der Waals surface area contributed by atoms with Crippen LogP contribution >= 0.6 is 11.8 Å². The van der Waals surface area contributed by atoms with E-state index in [1.165, 1.54) is 31.0 Å². The van der Waals surface area contributed by atoms with Crippen LogP contribution in [0.15, 0.2) is 4.99 Å². The van der Waals surface area contributed by atoms with Gasteiger partial charge in [-0.05, 0) is 20.3 Å². The van der Waals surface area contributed by atoms with E-state index in [0.29, 0.717) is 0 Å². The van der Waals surface area contributed by atoms with Gasteiger partial charge in [0, 0.05) is 5.71 Å². The van der Waals surface area contributed by atoms with Gasteiger partial charge in [0.1, 0.15) is 0 Å². The highest BCUT2D eigenvalue weighted by Gasteiger charge is 2.36. The molecular formula is C10H17NOS. The van der Waals surface area contributed by atoms with Crippen molar-refractivity contribution in [1.29, 1.82) is 0 Å². The molecule has 0 bridgehead atoms. The van der Waals surface area contributed by atoms with Crippen LogP contribution in [0.25, 0.3) is 0 Å². The molecule has 1 unspecified atom stereocenters. The van der Waals surface area contributed by atoms with E-state index in [1.54, 1.807) is 0 Å². The van der Waals surface area contributed by atoms with Crippen molar-refractivity contribution in [2.24, 2.45) is 4.99 Å². The number of carbonyl (C=O) groups excluding carboxylic acids is 1. The Bertz CT molecular complexity index is 237. The van der Waals surface area contributed by atoms with Crippen LogP contribution in [0, 0.1) is 0 Å². The van der Waals surface area contributed by atoms with Crippen LogP contribution < -0.4 is 0 Å². The topological polar surface area (TPSA) is 29.4 Å². The second kappa shape index (κ2) is 4.27. The summed E-state index contributed by atoms with van der Waals surface area (Å²) >= 11 is 1.38. The predicted octanol–water partition coefficient (Wildman–Crippen LogP) is 3.65. The van der Waals surface area contributed by atoms with Gasteiger partial charge in [-0.15, -0.1) is 0 Å². The van der Waals surface area contributed by atoms with Crippen molar-refractivity contribution in [2.75, 3.05) is 0 Å². The Hall–Kier alpha value is -0.310. The van der Waals surface area contributed by atoms with Crippen LogP contribution in [-0.2, 0) is 0 Å². The van der Waals surface area contributed by atoms with E-state index < -0.39 is 0 Å². The number of thioether (sulfide) groups is 1. The molecule has 0 radical (unpaired) electrons. The van der Waals surface area contributed by atoms with Gasteiger partial charge in [-0.2, -0.15) is 0 Å². The Labute approximate surface area is 84.2 Å². The Kier molecular flexibility index (Phi) is 3.54. The molecule has 1 aliphatic rings. The molecule has 0 aliphatic carbocycles. The first-order valence-corrected chi connectivity index (χ1v) is 5.69. The van der Waals surface area contributed by atoms with Crippen molar-refractivity contribution in [3.05, 3.63) is 0 Å². The molecular weight excluding hydrogens is 182 g/mol. The van der Waals surface area contributed by atoms with Crippen LogP contribution in [0.1, 0.15) is 46.5 Å². The fourth-order valence-electron chi connectivity index (χ4n) is 1.49. The SMILES string of the molecule is CCCCCC1(C)SC(=O)N=C1C. The van der Waals surface area contributed by atoms with E-state index in [9.17, 15) is 4.79 Å². The third kappa shape index (κ3) is 2.56. The van der Waals surface area contributed by atoms with E-state index >= 15 is 0 Å². The first-order valence-electron chi connectivity index (χ1n) is 4.87. The lowest BCUT2D eigenvalue weighted by Crippen LogP contribution is -2.26. The highest BCUT2D eigenvalue weighted by molar-refractivity contribution is 8.15. The predicted molar refractivity (Wildman–Crippen MR) is 58.6 cm³/mol. The number of aliphatic imine (C=N–C) groups is 1. The lowest BCUT2D eigenvalue weighted by atomic mass is 9.98. The zero-order chi connectivity index (χ0) is 9.90. The average Bonchev–Trinajstić information content (AvgIpc) is 2.27. The number of amides is 1. The third-order valence-corrected chi connectivity index (χ3v) is 3.81. The van der Waals surface area contributed by atoms with Crippen LogP contribution in [0.4, 0.5) is 4.79 Å². The van der Waals surface area contributed by atoms with Gasteiger partial charge >= 0.3 is 5.24 Å². The molecule has 0 saturated carbocycles. The average molecular weight is 199 g/mol. The largest absolute Gasteiger partial charge is 0.305 e. The fraction of sp³-hybridized carbons (Fsp3) is 0.800. The highest BCUT2D eigenvalue weighted by atomic mass is 32.2. The number of unbranched alkanes of at least 4 members (excludes halogenated alkanes) is 2. The van der Waals surface area contributed by atoms with E-state index in [1.807, 2.05) is 6.92 Å². The molecule has 1 amide bonds. The van der Waals surface area contributed by atoms with Crippen molar-refractivity contribution in [3.63, 3.8) is 0 Å². The zero-order valence-corrected chi connectivity index (χ0v) is 9.41. The maximum atomic E-state index is 11.1. The van der Waals surface area contributed by atoms with E-state index in [0.717, 1.165) is 12.1 Å². The lowest BCUT2D eigenvalue weighted by molar-refractivity contribution is 0.268. The molecule has 74 valence electrons. The number of hydrogen-bond acceptors (Lipinski definition) is 2. The van der Waals surface area contributed by atoms with Crippen LogP contribution in [-0.4, -0.2) is 15.7 Å². The van der Waals surface area contributed by atoms with E-state index in [-0.39, 0.29) is 9.99 Å². The molecule has 1 heterocycles. The van der Waals surface area contributed by atoms with Crippen LogP contribution in [0.3, 0.4) is 0 Å². The monoisotopic (exact) mass is 199 g/mol. The molecule has 1 rings (SSSR count). The van der Waals surface area contributed by atoms with Crippen LogP contribution in [0.2, 0.25) is 0 Å². The van der Waals surface area contributed by atoms with Crippen molar-refractivity contribution in [2.45, 2.75) is 51.2 Å². The molecule has 0 aromatic heterocycles. The zero-order valence-electron chi connectivity index (χ0n) is 8.59. The standard InChI is InChI=1S/C10H17NOS/c1-4-5-6-7-10(3)8(2)11-9(12)13-10/h4-7H2,1-3H3. The summed E-state index contributed by atoms with van der Waals surface area (Å²) in [5.41, 5.74) is 0.999. The summed E-state index contributed by atoms with van der Waals surface area (Å²) in [5, 5.41) is -0.0171. The summed E-state index contributed by atoms with van der Waals surface area (Å²) < 4.78 is -0.00769. The third-order valence-electron chi connectivity index (χ3n) is 2.59. The Morgan fingerprint density at radius 2 is 2.15 bits per heavy atom. The Morgan fingerprint density at radius 3 is 2.62 bits per heavy atom. The number of nitrogens with zero attached hydrogens (tertiary/aromatic N) is 1. The first kappa shape index (κ1) is 10.8. The number of rotatable bonds is 4. The quantitative estimate of drug-likeness (QED) is 0.647. The molecule has 0 saturated heterocycles. The molecule has 13 heavy (non-hydrogen) atoms. The molecule has 1 atom stereocenters. The summed E-state index contributed by atoms with van der Waals surface area (Å²) in [6.07, 6.45) is 4.75. The van der Waals surface area contributed by atoms with Gasteiger partial charge in [0.25, 0.3) is 0 Å². The van der Waals surface area contributed by atoms with Crippen molar-refractivity contribution >= 4 is 22.7 Å². The van der Waals surface area contributed by atoms with Gasteiger partial charge < -0.3 is 0 Å². The van der Waals surface area contributed by atoms with Gasteiger partial charge in [0.05, 0.1) is 4.75 Å². The van der Waals surface area contributed by atoms with Crippen LogP contribution in [0.5, 0.6) is 0 Å². The fourth-order valence-corrected chi connectivity index (χ4v) is 2.50. The Balaban J connectivity index is 2.48. The summed E-state index contributed by atoms with van der Waals surface area (Å²) in [6.45, 7) is 6.27. The smallest absolute Gasteiger partial charge is 0.259 e. The summed E-state index contributed by atoms with van der Waals surface area (Å²) in [5.74, 6) is 0. The van der Waals surface area contributed by atoms with Gasteiger partial charge in [-0.1, -0.05) is 37.9 Å². The van der Waals surface area contributed by atoms with Crippen molar-refractivity contribution in [3.8, 4) is 0 Å². The molecule has 0 spiro atoms. The summed E-state index contributed by atoms with van der Waals surface area (Å²) in [4.78, 5) is 15.0. The minimum absolute atomic E-state index is 0.00769. The molecule has 0 aromatic carbocycles. The molecule has 0 aromatic rings. The summed E-state index contributed by atoms with van der Waals surface area (Å²) in [7, 11) is 0. The molecule has 0 fully saturated rings. The van der Waals surface area contributed by atoms with Gasteiger partial charge in [-0.3, -0.25) is 4.79 Å². The second-order valence-electron chi connectivity index (χ2n) is 3.75.